The van der Waals surface area contributed by atoms with Crippen LogP contribution < -0.4 is 25.8 Å². The van der Waals surface area contributed by atoms with Crippen molar-refractivity contribution in [3.63, 3.8) is 0 Å². The molecule has 2 aliphatic heterocycles. The number of pyridine rings is 1. The van der Waals surface area contributed by atoms with Crippen LogP contribution in [0.3, 0.4) is 0 Å². The summed E-state index contributed by atoms with van der Waals surface area (Å²) in [5, 5.41) is 7.16. The van der Waals surface area contributed by atoms with Crippen LogP contribution in [0.15, 0.2) is 18.2 Å². The number of hydrogen-bond donors (Lipinski definition) is 3. The van der Waals surface area contributed by atoms with Crippen LogP contribution in [0.2, 0.25) is 5.02 Å². The van der Waals surface area contributed by atoms with Crippen LogP contribution in [-0.2, 0) is 19.1 Å². The van der Waals surface area contributed by atoms with Crippen LogP contribution in [0.4, 0.5) is 10.6 Å². The van der Waals surface area contributed by atoms with Crippen LogP contribution in [-0.4, -0.2) is 109 Å². The summed E-state index contributed by atoms with van der Waals surface area (Å²) in [7, 11) is 0. The molecule has 13 nitrogen and oxygen atoms in total. The number of likely N-dealkylation sites (tertiary alicyclic amines) is 1. The number of nitrogens with two attached hydrogens (primary N) is 1. The summed E-state index contributed by atoms with van der Waals surface area (Å²) in [6, 6.07) is 3.66. The second-order valence-electron chi connectivity index (χ2n) is 15.5. The van der Waals surface area contributed by atoms with Gasteiger partial charge in [0, 0.05) is 43.5 Å². The molecule has 0 bridgehead atoms. The van der Waals surface area contributed by atoms with E-state index in [1.54, 1.807) is 12.1 Å². The summed E-state index contributed by atoms with van der Waals surface area (Å²) in [5.74, 6) is 1.81. The molecule has 1 aromatic carbocycles. The van der Waals surface area contributed by atoms with E-state index in [9.17, 15) is 14.4 Å². The van der Waals surface area contributed by atoms with E-state index in [2.05, 4.69) is 15.5 Å². The zero-order valence-corrected chi connectivity index (χ0v) is 30.5. The number of nitrogens with zero attached hydrogens (tertiary/aromatic N) is 3. The molecule has 0 radical (unpaired) electrons. The van der Waals surface area contributed by atoms with Crippen molar-refractivity contribution < 1.29 is 33.3 Å². The Balaban J connectivity index is 1.19. The third kappa shape index (κ3) is 8.48. The van der Waals surface area contributed by atoms with E-state index in [4.69, 9.17) is 41.3 Å². The van der Waals surface area contributed by atoms with Gasteiger partial charge in [-0.15, -0.1) is 0 Å². The quantitative estimate of drug-likeness (QED) is 0.291. The maximum absolute atomic E-state index is 14.1. The van der Waals surface area contributed by atoms with E-state index in [1.807, 2.05) is 40.7 Å². The van der Waals surface area contributed by atoms with Gasteiger partial charge in [-0.1, -0.05) is 32.4 Å². The van der Waals surface area contributed by atoms with Gasteiger partial charge in [-0.25, -0.2) is 9.78 Å². The van der Waals surface area contributed by atoms with Crippen molar-refractivity contribution in [2.24, 2.45) is 23.0 Å². The average molecular weight is 715 g/mol. The van der Waals surface area contributed by atoms with Crippen LogP contribution in [0, 0.1) is 17.3 Å². The van der Waals surface area contributed by atoms with E-state index >= 15 is 0 Å². The first kappa shape index (κ1) is 36.2. The molecular formula is C36H51ClN6O7. The fraction of sp³-hybridized carbons (Fsp3) is 0.667. The minimum absolute atomic E-state index is 0.0752. The largest absolute Gasteiger partial charge is 0.491 e. The van der Waals surface area contributed by atoms with Crippen molar-refractivity contribution in [2.45, 2.75) is 90.6 Å². The van der Waals surface area contributed by atoms with Gasteiger partial charge in [-0.2, -0.15) is 0 Å². The molecule has 2 saturated heterocycles. The molecule has 14 heteroatoms. The summed E-state index contributed by atoms with van der Waals surface area (Å²) >= 11 is 6.91. The summed E-state index contributed by atoms with van der Waals surface area (Å²) in [4.78, 5) is 48.3. The predicted molar refractivity (Wildman–Crippen MR) is 189 cm³/mol. The maximum Gasteiger partial charge on any atom is 0.408 e. The normalized spacial score (nSPS) is 25.7. The van der Waals surface area contributed by atoms with Crippen molar-refractivity contribution in [1.29, 1.82) is 0 Å². The summed E-state index contributed by atoms with van der Waals surface area (Å²) in [6.07, 6.45) is 1.80. The lowest BCUT2D eigenvalue weighted by Crippen LogP contribution is -2.57. The number of benzene rings is 1. The van der Waals surface area contributed by atoms with E-state index in [1.165, 1.54) is 11.3 Å². The van der Waals surface area contributed by atoms with Gasteiger partial charge in [-0.05, 0) is 62.5 Å². The summed E-state index contributed by atoms with van der Waals surface area (Å²) in [6.45, 7) is 14.1. The van der Waals surface area contributed by atoms with Crippen LogP contribution in [0.1, 0.15) is 60.3 Å². The zero-order chi connectivity index (χ0) is 35.7. The first-order valence-corrected chi connectivity index (χ1v) is 18.2. The molecule has 50 heavy (non-hydrogen) atoms. The van der Waals surface area contributed by atoms with Crippen LogP contribution in [0.5, 0.6) is 11.5 Å². The lowest BCUT2D eigenvalue weighted by molar-refractivity contribution is -0.141. The highest BCUT2D eigenvalue weighted by Gasteiger charge is 2.48. The van der Waals surface area contributed by atoms with Gasteiger partial charge in [0.15, 0.2) is 0 Å². The third-order valence-electron chi connectivity index (χ3n) is 10.1. The SMILES string of the molecule is CC(C)Nc1cc(OC2C[C@@H](C(N)=O)N(C(=O)[C@@H](NC(=O)O[C@@H]3C[C@@H]4C[C@@H]4C3)C(C)(C)C)C2)c2ccc(OCCN3CCOCC3)c(Cl)c2n1. The Bertz CT molecular complexity index is 1570. The fourth-order valence-electron chi connectivity index (χ4n) is 7.35. The number of hydrogen-bond acceptors (Lipinski definition) is 10. The first-order chi connectivity index (χ1) is 23.8. The van der Waals surface area contributed by atoms with Crippen molar-refractivity contribution >= 4 is 46.2 Å². The average Bonchev–Trinajstić information content (AvgIpc) is 3.43. The minimum Gasteiger partial charge on any atom is -0.491 e. The van der Waals surface area contributed by atoms with Gasteiger partial charge in [0.25, 0.3) is 0 Å². The molecule has 1 unspecified atom stereocenters. The minimum atomic E-state index is -0.949. The van der Waals surface area contributed by atoms with Gasteiger partial charge in [-0.3, -0.25) is 14.5 Å². The Hall–Kier alpha value is -3.55. The molecule has 4 aliphatic rings. The number of ether oxygens (including phenoxy) is 4. The molecule has 6 rings (SSSR count). The summed E-state index contributed by atoms with van der Waals surface area (Å²) in [5.41, 5.74) is 5.68. The molecule has 3 heterocycles. The molecule has 2 aromatic rings. The van der Waals surface area contributed by atoms with E-state index in [0.717, 1.165) is 32.5 Å². The Morgan fingerprint density at radius 3 is 2.44 bits per heavy atom. The second kappa shape index (κ2) is 15.0. The smallest absolute Gasteiger partial charge is 0.408 e. The number of primary amides is 1. The lowest BCUT2D eigenvalue weighted by atomic mass is 9.85. The highest BCUT2D eigenvalue weighted by molar-refractivity contribution is 6.36. The standard InChI is InChI=1S/C36H51ClN6O7/c1-20(2)39-29-18-28(25-6-7-27(30(37)31(25)40-29)48-13-10-42-8-11-47-12-9-42)49-24-17-26(33(38)44)43(19-24)34(45)32(36(3,4)5)41-35(46)50-23-15-21-14-22(21)16-23/h6-7,18,20-24,26,32H,8-17,19H2,1-5H3,(H2,38,44)(H,39,40)(H,41,46)/t21-,22+,23+,24?,26-,32+/m0/s1. The highest BCUT2D eigenvalue weighted by atomic mass is 35.5. The van der Waals surface area contributed by atoms with Gasteiger partial charge in [0.05, 0.1) is 25.3 Å². The van der Waals surface area contributed by atoms with Crippen molar-refractivity contribution in [3.8, 4) is 11.5 Å². The molecular weight excluding hydrogens is 664 g/mol. The van der Waals surface area contributed by atoms with Gasteiger partial charge < -0.3 is 40.2 Å². The molecule has 4 N–H and O–H groups in total. The van der Waals surface area contributed by atoms with Gasteiger partial charge in [0.1, 0.15) is 53.2 Å². The monoisotopic (exact) mass is 714 g/mol. The number of morpholine rings is 1. The van der Waals surface area contributed by atoms with Crippen molar-refractivity contribution in [1.82, 2.24) is 20.1 Å². The molecule has 6 atom stereocenters. The second-order valence-corrected chi connectivity index (χ2v) is 15.8. The van der Waals surface area contributed by atoms with E-state index in [-0.39, 0.29) is 25.1 Å². The number of halogens is 1. The topological polar surface area (TPSA) is 158 Å². The number of anilines is 1. The summed E-state index contributed by atoms with van der Waals surface area (Å²) < 4.78 is 23.8. The van der Waals surface area contributed by atoms with E-state index < -0.39 is 41.5 Å². The number of carbonyl (C=O) groups is 3. The third-order valence-corrected chi connectivity index (χ3v) is 10.4. The molecule has 274 valence electrons. The number of aromatic nitrogens is 1. The molecule has 4 fully saturated rings. The van der Waals surface area contributed by atoms with Gasteiger partial charge >= 0.3 is 6.09 Å². The predicted octanol–water partition coefficient (Wildman–Crippen LogP) is 4.19. The number of fused-ring (bicyclic) bond motifs is 2. The van der Waals surface area contributed by atoms with Crippen molar-refractivity contribution in [3.05, 3.63) is 23.2 Å². The van der Waals surface area contributed by atoms with E-state index in [0.29, 0.717) is 64.9 Å². The number of carbonyl (C=O) groups excluding carboxylic acids is 3. The zero-order valence-electron chi connectivity index (χ0n) is 29.7. The Morgan fingerprint density at radius 1 is 1.06 bits per heavy atom. The fourth-order valence-corrected chi connectivity index (χ4v) is 7.61. The van der Waals surface area contributed by atoms with Crippen LogP contribution in [0.25, 0.3) is 10.9 Å². The van der Waals surface area contributed by atoms with Crippen LogP contribution >= 0.6 is 11.6 Å². The number of amides is 3. The Morgan fingerprint density at radius 2 is 1.78 bits per heavy atom. The lowest BCUT2D eigenvalue weighted by Gasteiger charge is -2.35. The Labute approximate surface area is 298 Å². The highest BCUT2D eigenvalue weighted by Crippen LogP contribution is 2.52. The molecule has 3 amide bonds. The van der Waals surface area contributed by atoms with Gasteiger partial charge in [0.2, 0.25) is 11.8 Å². The number of rotatable bonds is 12. The first-order valence-electron chi connectivity index (χ1n) is 17.8. The Kier molecular flexibility index (Phi) is 10.9. The number of alkyl carbamates (subject to hydrolysis) is 1. The molecule has 1 aromatic heterocycles. The molecule has 0 spiro atoms. The molecule has 2 saturated carbocycles. The molecule has 2 aliphatic carbocycles. The van der Waals surface area contributed by atoms with Crippen molar-refractivity contribution in [2.75, 3.05) is 51.3 Å². The number of nitrogens with one attached hydrogen (secondary N) is 2. The maximum atomic E-state index is 14.1.